The fourth-order valence-corrected chi connectivity index (χ4v) is 6.04. The van der Waals surface area contributed by atoms with Gasteiger partial charge in [0.05, 0.1) is 17.3 Å². The Morgan fingerprint density at radius 3 is 1.82 bits per heavy atom. The van der Waals surface area contributed by atoms with Crippen molar-refractivity contribution in [2.24, 2.45) is 4.99 Å². The predicted octanol–water partition coefficient (Wildman–Crippen LogP) is 7.34. The highest BCUT2D eigenvalue weighted by Gasteiger charge is 2.37. The van der Waals surface area contributed by atoms with Gasteiger partial charge in [0.1, 0.15) is 23.0 Å². The molecule has 0 aliphatic carbocycles. The SMILES string of the molecule is Cc1ccc2c3c([nH]c2c1)C(C(c1c(C)c(O)cc(C(C)C)c1O)c1c(C)c(O)cc(C(C)C)c1O)=NCC3. The quantitative estimate of drug-likeness (QED) is 0.175. The third-order valence-corrected chi connectivity index (χ3v) is 8.27. The molecule has 0 bridgehead atoms. The molecule has 5 rings (SSSR count). The molecule has 0 saturated heterocycles. The average Bonchev–Trinajstić information content (AvgIpc) is 3.24. The lowest BCUT2D eigenvalue weighted by Crippen LogP contribution is -2.24. The maximum atomic E-state index is 11.8. The first-order chi connectivity index (χ1) is 18.4. The molecule has 39 heavy (non-hydrogen) atoms. The Labute approximate surface area is 229 Å². The zero-order chi connectivity index (χ0) is 28.3. The number of aromatic hydroxyl groups is 4. The fraction of sp³-hybridized carbons (Fsp3) is 0.364. The van der Waals surface area contributed by atoms with Gasteiger partial charge >= 0.3 is 0 Å². The van der Waals surface area contributed by atoms with Gasteiger partial charge in [-0.05, 0) is 79.5 Å². The number of benzene rings is 3. The summed E-state index contributed by atoms with van der Waals surface area (Å²) in [6.45, 7) is 14.0. The van der Waals surface area contributed by atoms with Crippen molar-refractivity contribution in [2.45, 2.75) is 72.6 Å². The van der Waals surface area contributed by atoms with Crippen molar-refractivity contribution in [2.75, 3.05) is 6.54 Å². The monoisotopic (exact) mass is 526 g/mol. The molecule has 2 heterocycles. The van der Waals surface area contributed by atoms with Crippen LogP contribution < -0.4 is 0 Å². The number of aliphatic imine (C=N–C) groups is 1. The van der Waals surface area contributed by atoms with Crippen LogP contribution in [0, 0.1) is 20.8 Å². The van der Waals surface area contributed by atoms with Gasteiger partial charge in [-0.2, -0.15) is 0 Å². The summed E-state index contributed by atoms with van der Waals surface area (Å²) in [5.74, 6) is -0.571. The van der Waals surface area contributed by atoms with E-state index in [2.05, 4.69) is 30.1 Å². The molecule has 0 unspecified atom stereocenters. The molecule has 0 atom stereocenters. The van der Waals surface area contributed by atoms with E-state index in [0.29, 0.717) is 45.6 Å². The van der Waals surface area contributed by atoms with Gasteiger partial charge < -0.3 is 25.4 Å². The van der Waals surface area contributed by atoms with Crippen molar-refractivity contribution in [3.63, 3.8) is 0 Å². The highest BCUT2D eigenvalue weighted by molar-refractivity contribution is 6.12. The molecule has 0 spiro atoms. The third-order valence-electron chi connectivity index (χ3n) is 8.27. The Morgan fingerprint density at radius 1 is 0.769 bits per heavy atom. The molecule has 1 aliphatic rings. The van der Waals surface area contributed by atoms with Crippen LogP contribution >= 0.6 is 0 Å². The van der Waals surface area contributed by atoms with Crippen molar-refractivity contribution in [1.29, 1.82) is 0 Å². The van der Waals surface area contributed by atoms with Gasteiger partial charge in [0.2, 0.25) is 0 Å². The van der Waals surface area contributed by atoms with Gasteiger partial charge in [-0.25, -0.2) is 0 Å². The summed E-state index contributed by atoms with van der Waals surface area (Å²) in [5, 5.41) is 46.8. The maximum Gasteiger partial charge on any atom is 0.123 e. The largest absolute Gasteiger partial charge is 0.508 e. The van der Waals surface area contributed by atoms with Gasteiger partial charge in [0, 0.05) is 39.7 Å². The number of phenolic OH excluding ortho intramolecular Hbond substituents is 4. The van der Waals surface area contributed by atoms with E-state index < -0.39 is 5.92 Å². The summed E-state index contributed by atoms with van der Waals surface area (Å²) < 4.78 is 0. The zero-order valence-electron chi connectivity index (χ0n) is 23.8. The predicted molar refractivity (Wildman–Crippen MR) is 157 cm³/mol. The van der Waals surface area contributed by atoms with Crippen LogP contribution in [0.3, 0.4) is 0 Å². The number of rotatable bonds is 5. The molecule has 0 saturated carbocycles. The minimum absolute atomic E-state index is 0.0547. The van der Waals surface area contributed by atoms with E-state index in [-0.39, 0.29) is 34.8 Å². The number of aromatic nitrogens is 1. The van der Waals surface area contributed by atoms with Crippen LogP contribution in [-0.2, 0) is 6.42 Å². The second kappa shape index (κ2) is 9.67. The molecule has 5 N–H and O–H groups in total. The van der Waals surface area contributed by atoms with Crippen LogP contribution in [0.25, 0.3) is 10.9 Å². The minimum Gasteiger partial charge on any atom is -0.508 e. The van der Waals surface area contributed by atoms with Gasteiger partial charge in [-0.1, -0.05) is 39.8 Å². The smallest absolute Gasteiger partial charge is 0.123 e. The number of aromatic amines is 1. The first-order valence-corrected chi connectivity index (χ1v) is 13.7. The van der Waals surface area contributed by atoms with E-state index in [1.165, 1.54) is 0 Å². The van der Waals surface area contributed by atoms with Crippen molar-refractivity contribution < 1.29 is 20.4 Å². The standard InChI is InChI=1S/C33H38N2O4/c1-15(2)22-13-25(36)18(6)27(32(22)38)29(28-19(7)26(37)14-23(16(3)4)33(28)39)31-30-21(10-11-34-31)20-9-8-17(5)12-24(20)35-30/h8-9,12-16,29,35-39H,10-11H2,1-7H3. The molecule has 1 aromatic heterocycles. The number of hydrogen-bond acceptors (Lipinski definition) is 5. The molecule has 0 fully saturated rings. The Bertz CT molecular complexity index is 1570. The normalized spacial score (nSPS) is 13.5. The van der Waals surface area contributed by atoms with Crippen LogP contribution in [-0.4, -0.2) is 37.7 Å². The second-order valence-corrected chi connectivity index (χ2v) is 11.5. The molecule has 3 aromatic carbocycles. The lowest BCUT2D eigenvalue weighted by Gasteiger charge is -2.30. The number of nitrogens with zero attached hydrogens (tertiary/aromatic N) is 1. The van der Waals surface area contributed by atoms with E-state index in [0.717, 1.165) is 34.1 Å². The molecular formula is C33H38N2O4. The highest BCUT2D eigenvalue weighted by atomic mass is 16.3. The van der Waals surface area contributed by atoms with Crippen LogP contribution in [0.2, 0.25) is 0 Å². The Balaban J connectivity index is 1.91. The van der Waals surface area contributed by atoms with E-state index in [9.17, 15) is 20.4 Å². The van der Waals surface area contributed by atoms with Crippen molar-refractivity contribution >= 4 is 16.6 Å². The lowest BCUT2D eigenvalue weighted by atomic mass is 9.76. The number of phenols is 4. The number of hydrogen-bond donors (Lipinski definition) is 5. The number of aryl methyl sites for hydroxylation is 1. The van der Waals surface area contributed by atoms with Crippen LogP contribution in [0.5, 0.6) is 23.0 Å². The average molecular weight is 527 g/mol. The van der Waals surface area contributed by atoms with Crippen molar-refractivity contribution in [3.05, 3.63) is 80.5 Å². The number of fused-ring (bicyclic) bond motifs is 3. The third kappa shape index (κ3) is 4.22. The number of H-pyrrole nitrogens is 1. The highest BCUT2D eigenvalue weighted by Crippen LogP contribution is 2.50. The molecule has 1 aliphatic heterocycles. The molecule has 0 radical (unpaired) electrons. The van der Waals surface area contributed by atoms with Gasteiger partial charge in [-0.15, -0.1) is 0 Å². The summed E-state index contributed by atoms with van der Waals surface area (Å²) in [4.78, 5) is 8.60. The van der Waals surface area contributed by atoms with Crippen molar-refractivity contribution in [1.82, 2.24) is 4.98 Å². The molecule has 204 valence electrons. The number of nitrogens with one attached hydrogen (secondary N) is 1. The Morgan fingerprint density at radius 2 is 1.31 bits per heavy atom. The zero-order valence-corrected chi connectivity index (χ0v) is 23.8. The summed E-state index contributed by atoms with van der Waals surface area (Å²) in [5.41, 5.74) is 8.03. The van der Waals surface area contributed by atoms with Crippen LogP contribution in [0.4, 0.5) is 0 Å². The van der Waals surface area contributed by atoms with E-state index in [1.807, 2.05) is 27.7 Å². The summed E-state index contributed by atoms with van der Waals surface area (Å²) in [6, 6.07) is 9.57. The van der Waals surface area contributed by atoms with Gasteiger partial charge in [-0.3, -0.25) is 4.99 Å². The topological polar surface area (TPSA) is 109 Å². The molecule has 0 amide bonds. The van der Waals surface area contributed by atoms with E-state index in [4.69, 9.17) is 4.99 Å². The summed E-state index contributed by atoms with van der Waals surface area (Å²) in [6.07, 6.45) is 0.763. The second-order valence-electron chi connectivity index (χ2n) is 11.5. The molecule has 6 nitrogen and oxygen atoms in total. The maximum absolute atomic E-state index is 11.8. The molecular weight excluding hydrogens is 488 g/mol. The van der Waals surface area contributed by atoms with Crippen molar-refractivity contribution in [3.8, 4) is 23.0 Å². The summed E-state index contributed by atoms with van der Waals surface area (Å²) in [7, 11) is 0. The molecule has 4 aromatic rings. The minimum atomic E-state index is -0.743. The molecule has 6 heteroatoms. The van der Waals surface area contributed by atoms with Gasteiger partial charge in [0.15, 0.2) is 0 Å². The van der Waals surface area contributed by atoms with Crippen LogP contribution in [0.15, 0.2) is 35.3 Å². The lowest BCUT2D eigenvalue weighted by molar-refractivity contribution is 0.433. The van der Waals surface area contributed by atoms with Gasteiger partial charge in [0.25, 0.3) is 0 Å². The first-order valence-electron chi connectivity index (χ1n) is 13.7. The summed E-state index contributed by atoms with van der Waals surface area (Å²) >= 11 is 0. The first kappa shape index (κ1) is 26.7. The van der Waals surface area contributed by atoms with Crippen LogP contribution in [0.1, 0.15) is 95.7 Å². The van der Waals surface area contributed by atoms with E-state index >= 15 is 0 Å². The fourth-order valence-electron chi connectivity index (χ4n) is 6.04. The Hall–Kier alpha value is -3.93. The Kier molecular flexibility index (Phi) is 6.61. The van der Waals surface area contributed by atoms with E-state index in [1.54, 1.807) is 26.0 Å².